The van der Waals surface area contributed by atoms with E-state index in [-0.39, 0.29) is 6.61 Å². The van der Waals surface area contributed by atoms with Crippen molar-refractivity contribution in [1.29, 1.82) is 5.26 Å². The lowest BCUT2D eigenvalue weighted by atomic mass is 9.94. The van der Waals surface area contributed by atoms with Gasteiger partial charge in [0.2, 0.25) is 0 Å². The smallest absolute Gasteiger partial charge is 0.407 e. The minimum Gasteiger partial charge on any atom is -0.465 e. The molecule has 0 saturated carbocycles. The Morgan fingerprint density at radius 2 is 1.95 bits per heavy atom. The Balaban J connectivity index is 2.10. The van der Waals surface area contributed by atoms with E-state index in [4.69, 9.17) is 5.26 Å². The van der Waals surface area contributed by atoms with Crippen LogP contribution in [0.1, 0.15) is 22.3 Å². The Kier molecular flexibility index (Phi) is 3.53. The predicted molar refractivity (Wildman–Crippen MR) is 79.8 cm³/mol. The second-order valence-electron chi connectivity index (χ2n) is 5.27. The number of fused-ring (bicyclic) bond motifs is 1. The highest BCUT2D eigenvalue weighted by Crippen LogP contribution is 2.34. The normalized spacial score (nSPS) is 12.8. The molecule has 110 valence electrons. The summed E-state index contributed by atoms with van der Waals surface area (Å²) in [5.74, 6) is 0. The average molecular weight is 294 g/mol. The first kappa shape index (κ1) is 14.1. The summed E-state index contributed by atoms with van der Waals surface area (Å²) >= 11 is 0. The summed E-state index contributed by atoms with van der Waals surface area (Å²) in [4.78, 5) is 12.5. The van der Waals surface area contributed by atoms with Gasteiger partial charge in [-0.15, -0.1) is 0 Å². The van der Waals surface area contributed by atoms with Crippen LogP contribution in [0.2, 0.25) is 0 Å². The van der Waals surface area contributed by atoms with Gasteiger partial charge in [-0.2, -0.15) is 5.26 Å². The lowest BCUT2D eigenvalue weighted by Gasteiger charge is -2.11. The van der Waals surface area contributed by atoms with Crippen molar-refractivity contribution in [3.05, 3.63) is 58.7 Å². The van der Waals surface area contributed by atoms with Crippen molar-refractivity contribution in [1.82, 2.24) is 4.90 Å². The molecule has 5 nitrogen and oxygen atoms in total. The SMILES string of the molecule is N#Cc1ccc(-c2cc(CO)cc3c2CN(C(=O)O)C3)cc1. The zero-order valence-corrected chi connectivity index (χ0v) is 11.8. The molecule has 2 aromatic carbocycles. The molecular weight excluding hydrogens is 280 g/mol. The van der Waals surface area contributed by atoms with Crippen LogP contribution in [-0.2, 0) is 19.7 Å². The van der Waals surface area contributed by atoms with Gasteiger partial charge < -0.3 is 10.2 Å². The maximum Gasteiger partial charge on any atom is 0.407 e. The van der Waals surface area contributed by atoms with E-state index in [0.717, 1.165) is 27.8 Å². The largest absolute Gasteiger partial charge is 0.465 e. The first-order chi connectivity index (χ1) is 10.6. The molecule has 5 heteroatoms. The van der Waals surface area contributed by atoms with E-state index in [1.54, 1.807) is 12.1 Å². The minimum atomic E-state index is -0.951. The molecule has 0 bridgehead atoms. The highest BCUT2D eigenvalue weighted by molar-refractivity contribution is 5.74. The van der Waals surface area contributed by atoms with Gasteiger partial charge in [0.05, 0.1) is 24.8 Å². The van der Waals surface area contributed by atoms with E-state index in [0.29, 0.717) is 18.7 Å². The number of carbonyl (C=O) groups is 1. The minimum absolute atomic E-state index is 0.0936. The standard InChI is InChI=1S/C17H14N2O3/c18-7-11-1-3-13(4-2-11)15-6-12(10-20)5-14-8-19(17(21)22)9-16(14)15/h1-6,20H,8-10H2,(H,21,22). The van der Waals surface area contributed by atoms with E-state index in [1.165, 1.54) is 4.90 Å². The van der Waals surface area contributed by atoms with E-state index in [2.05, 4.69) is 6.07 Å². The monoisotopic (exact) mass is 294 g/mol. The number of hydrogen-bond acceptors (Lipinski definition) is 3. The molecule has 0 unspecified atom stereocenters. The Labute approximate surface area is 127 Å². The fourth-order valence-corrected chi connectivity index (χ4v) is 2.79. The third-order valence-corrected chi connectivity index (χ3v) is 3.89. The lowest BCUT2D eigenvalue weighted by molar-refractivity contribution is 0.145. The molecule has 1 amide bonds. The predicted octanol–water partition coefficient (Wildman–Crippen LogP) is 2.71. The number of aliphatic hydroxyl groups is 1. The summed E-state index contributed by atoms with van der Waals surface area (Å²) in [5.41, 5.74) is 5.04. The van der Waals surface area contributed by atoms with Gasteiger partial charge in [0, 0.05) is 6.54 Å². The van der Waals surface area contributed by atoms with E-state index in [9.17, 15) is 15.0 Å². The van der Waals surface area contributed by atoms with Crippen LogP contribution in [0.15, 0.2) is 36.4 Å². The van der Waals surface area contributed by atoms with Crippen LogP contribution in [0.5, 0.6) is 0 Å². The van der Waals surface area contributed by atoms with E-state index in [1.807, 2.05) is 24.3 Å². The summed E-state index contributed by atoms with van der Waals surface area (Å²) in [5, 5.41) is 27.5. The van der Waals surface area contributed by atoms with Crippen LogP contribution in [0.4, 0.5) is 4.79 Å². The number of hydrogen-bond donors (Lipinski definition) is 2. The van der Waals surface area contributed by atoms with Gasteiger partial charge >= 0.3 is 6.09 Å². The summed E-state index contributed by atoms with van der Waals surface area (Å²) in [7, 11) is 0. The van der Waals surface area contributed by atoms with Gasteiger partial charge in [-0.05, 0) is 46.0 Å². The summed E-state index contributed by atoms with van der Waals surface area (Å²) in [6, 6.07) is 13.0. The van der Waals surface area contributed by atoms with Crippen molar-refractivity contribution in [2.75, 3.05) is 0 Å². The van der Waals surface area contributed by atoms with Crippen LogP contribution in [0.25, 0.3) is 11.1 Å². The molecule has 2 N–H and O–H groups in total. The van der Waals surface area contributed by atoms with Crippen LogP contribution in [0.3, 0.4) is 0 Å². The number of aliphatic hydroxyl groups excluding tert-OH is 1. The lowest BCUT2D eigenvalue weighted by Crippen LogP contribution is -2.22. The molecule has 0 saturated heterocycles. The number of carboxylic acid groups (broad SMARTS) is 1. The summed E-state index contributed by atoms with van der Waals surface area (Å²) < 4.78 is 0. The van der Waals surface area contributed by atoms with Crippen molar-refractivity contribution in [3.63, 3.8) is 0 Å². The molecule has 1 aliphatic heterocycles. The Morgan fingerprint density at radius 3 is 2.55 bits per heavy atom. The second-order valence-corrected chi connectivity index (χ2v) is 5.27. The molecule has 0 spiro atoms. The van der Waals surface area contributed by atoms with Gasteiger partial charge in [-0.3, -0.25) is 4.90 Å². The van der Waals surface area contributed by atoms with Gasteiger partial charge in [0.25, 0.3) is 0 Å². The molecule has 3 rings (SSSR count). The van der Waals surface area contributed by atoms with Crippen LogP contribution < -0.4 is 0 Å². The topological polar surface area (TPSA) is 84.6 Å². The highest BCUT2D eigenvalue weighted by atomic mass is 16.4. The molecule has 0 aliphatic carbocycles. The van der Waals surface area contributed by atoms with Crippen LogP contribution in [-0.4, -0.2) is 21.2 Å². The van der Waals surface area contributed by atoms with Crippen molar-refractivity contribution in [2.24, 2.45) is 0 Å². The zero-order valence-electron chi connectivity index (χ0n) is 11.8. The molecular formula is C17H14N2O3. The van der Waals surface area contributed by atoms with Crippen LogP contribution in [0, 0.1) is 11.3 Å². The van der Waals surface area contributed by atoms with Crippen molar-refractivity contribution in [3.8, 4) is 17.2 Å². The molecule has 1 heterocycles. The number of nitrogens with zero attached hydrogens (tertiary/aromatic N) is 2. The molecule has 0 aromatic heterocycles. The third kappa shape index (κ3) is 2.41. The second kappa shape index (κ2) is 5.51. The molecule has 0 fully saturated rings. The van der Waals surface area contributed by atoms with Crippen molar-refractivity contribution >= 4 is 6.09 Å². The van der Waals surface area contributed by atoms with Gasteiger partial charge in [-0.25, -0.2) is 4.79 Å². The van der Waals surface area contributed by atoms with Gasteiger partial charge in [0.15, 0.2) is 0 Å². The summed E-state index contributed by atoms with van der Waals surface area (Å²) in [6.07, 6.45) is -0.951. The van der Waals surface area contributed by atoms with Gasteiger partial charge in [0.1, 0.15) is 0 Å². The first-order valence-electron chi connectivity index (χ1n) is 6.86. The maximum absolute atomic E-state index is 11.2. The number of amides is 1. The van der Waals surface area contributed by atoms with Crippen LogP contribution >= 0.6 is 0 Å². The number of benzene rings is 2. The third-order valence-electron chi connectivity index (χ3n) is 3.89. The Morgan fingerprint density at radius 1 is 1.23 bits per heavy atom. The highest BCUT2D eigenvalue weighted by Gasteiger charge is 2.26. The average Bonchev–Trinajstić information content (AvgIpc) is 2.98. The quantitative estimate of drug-likeness (QED) is 0.892. The maximum atomic E-state index is 11.2. The molecule has 0 atom stereocenters. The Bertz CT molecular complexity index is 776. The fourth-order valence-electron chi connectivity index (χ4n) is 2.79. The number of rotatable bonds is 2. The molecule has 1 aliphatic rings. The first-order valence-corrected chi connectivity index (χ1v) is 6.86. The molecule has 2 aromatic rings. The molecule has 22 heavy (non-hydrogen) atoms. The summed E-state index contributed by atoms with van der Waals surface area (Å²) in [6.45, 7) is 0.580. The van der Waals surface area contributed by atoms with E-state index >= 15 is 0 Å². The fraction of sp³-hybridized carbons (Fsp3) is 0.176. The van der Waals surface area contributed by atoms with E-state index < -0.39 is 6.09 Å². The Hall–Kier alpha value is -2.84. The number of nitriles is 1. The van der Waals surface area contributed by atoms with Crippen molar-refractivity contribution < 1.29 is 15.0 Å². The van der Waals surface area contributed by atoms with Gasteiger partial charge in [-0.1, -0.05) is 18.2 Å². The van der Waals surface area contributed by atoms with Crippen molar-refractivity contribution in [2.45, 2.75) is 19.7 Å². The zero-order chi connectivity index (χ0) is 15.7. The molecule has 0 radical (unpaired) electrons.